The number of carbonyl (C=O) groups is 1. The van der Waals surface area contributed by atoms with Gasteiger partial charge in [0.1, 0.15) is 0 Å². The molecule has 1 fully saturated rings. The van der Waals surface area contributed by atoms with E-state index in [-0.39, 0.29) is 30.0 Å². The van der Waals surface area contributed by atoms with Crippen molar-refractivity contribution in [2.75, 3.05) is 6.61 Å². The van der Waals surface area contributed by atoms with E-state index in [2.05, 4.69) is 27.7 Å². The van der Waals surface area contributed by atoms with E-state index in [0.717, 1.165) is 6.42 Å². The van der Waals surface area contributed by atoms with Gasteiger partial charge in [0.15, 0.2) is 0 Å². The Morgan fingerprint density at radius 2 is 1.87 bits per heavy atom. The van der Waals surface area contributed by atoms with Gasteiger partial charge in [-0.3, -0.25) is 4.79 Å². The van der Waals surface area contributed by atoms with Gasteiger partial charge in [0, 0.05) is 18.7 Å². The number of hydrogen-bond donors (Lipinski definition) is 0. The first kappa shape index (κ1) is 12.5. The molecule has 3 nitrogen and oxygen atoms in total. The molecule has 2 atom stereocenters. The SMILES string of the molecule is CCOC1CC1C(=O)N(C(C)C)C(C)C. The molecule has 1 amide bonds. The van der Waals surface area contributed by atoms with Crippen LogP contribution in [-0.2, 0) is 9.53 Å². The lowest BCUT2D eigenvalue weighted by atomic mass is 10.2. The number of hydrogen-bond acceptors (Lipinski definition) is 2. The number of ether oxygens (including phenoxy) is 1. The van der Waals surface area contributed by atoms with Crippen LogP contribution >= 0.6 is 0 Å². The third-order valence-electron chi connectivity index (χ3n) is 2.80. The zero-order chi connectivity index (χ0) is 11.6. The van der Waals surface area contributed by atoms with Crippen molar-refractivity contribution in [3.05, 3.63) is 0 Å². The van der Waals surface area contributed by atoms with Gasteiger partial charge in [-0.25, -0.2) is 0 Å². The molecule has 0 aromatic heterocycles. The summed E-state index contributed by atoms with van der Waals surface area (Å²) in [5, 5.41) is 0. The maximum absolute atomic E-state index is 12.1. The second-order valence-corrected chi connectivity index (χ2v) is 4.77. The maximum Gasteiger partial charge on any atom is 0.228 e. The molecule has 1 aliphatic rings. The van der Waals surface area contributed by atoms with E-state index in [4.69, 9.17) is 4.74 Å². The van der Waals surface area contributed by atoms with Crippen LogP contribution in [0, 0.1) is 5.92 Å². The lowest BCUT2D eigenvalue weighted by Crippen LogP contribution is -2.43. The van der Waals surface area contributed by atoms with Gasteiger partial charge in [-0.15, -0.1) is 0 Å². The minimum Gasteiger partial charge on any atom is -0.378 e. The summed E-state index contributed by atoms with van der Waals surface area (Å²) in [5.41, 5.74) is 0. The van der Waals surface area contributed by atoms with Crippen molar-refractivity contribution in [2.45, 2.75) is 59.2 Å². The summed E-state index contributed by atoms with van der Waals surface area (Å²) in [6.07, 6.45) is 1.09. The number of nitrogens with zero attached hydrogens (tertiary/aromatic N) is 1. The van der Waals surface area contributed by atoms with E-state index in [1.807, 2.05) is 11.8 Å². The zero-order valence-corrected chi connectivity index (χ0v) is 10.5. The monoisotopic (exact) mass is 213 g/mol. The van der Waals surface area contributed by atoms with E-state index in [9.17, 15) is 4.79 Å². The first-order valence-electron chi connectivity index (χ1n) is 5.92. The van der Waals surface area contributed by atoms with Crippen molar-refractivity contribution < 1.29 is 9.53 Å². The van der Waals surface area contributed by atoms with Gasteiger partial charge >= 0.3 is 0 Å². The molecular formula is C12H23NO2. The highest BCUT2D eigenvalue weighted by molar-refractivity contribution is 5.82. The van der Waals surface area contributed by atoms with Crippen LogP contribution in [0.4, 0.5) is 0 Å². The first-order chi connectivity index (χ1) is 6.99. The Balaban J connectivity index is 2.52. The van der Waals surface area contributed by atoms with Crippen LogP contribution in [-0.4, -0.2) is 35.6 Å². The Morgan fingerprint density at radius 1 is 1.33 bits per heavy atom. The van der Waals surface area contributed by atoms with Crippen molar-refractivity contribution >= 4 is 5.91 Å². The van der Waals surface area contributed by atoms with Gasteiger partial charge in [0.05, 0.1) is 12.0 Å². The fourth-order valence-electron chi connectivity index (χ4n) is 2.13. The molecule has 0 bridgehead atoms. The summed E-state index contributed by atoms with van der Waals surface area (Å²) >= 11 is 0. The highest BCUT2D eigenvalue weighted by atomic mass is 16.5. The highest BCUT2D eigenvalue weighted by Crippen LogP contribution is 2.36. The summed E-state index contributed by atoms with van der Waals surface area (Å²) in [5.74, 6) is 0.383. The Labute approximate surface area is 92.8 Å². The van der Waals surface area contributed by atoms with Crippen LogP contribution in [0.25, 0.3) is 0 Å². The van der Waals surface area contributed by atoms with E-state index in [1.165, 1.54) is 0 Å². The number of amides is 1. The molecule has 0 heterocycles. The Hall–Kier alpha value is -0.570. The van der Waals surface area contributed by atoms with Gasteiger partial charge in [-0.1, -0.05) is 0 Å². The maximum atomic E-state index is 12.1. The van der Waals surface area contributed by atoms with Crippen LogP contribution in [0.1, 0.15) is 41.0 Å². The van der Waals surface area contributed by atoms with Crippen molar-refractivity contribution in [1.29, 1.82) is 0 Å². The molecule has 0 aliphatic heterocycles. The van der Waals surface area contributed by atoms with Crippen molar-refractivity contribution in [3.63, 3.8) is 0 Å². The second kappa shape index (κ2) is 4.97. The molecule has 0 aromatic rings. The summed E-state index contributed by atoms with van der Waals surface area (Å²) in [7, 11) is 0. The highest BCUT2D eigenvalue weighted by Gasteiger charge is 2.46. The van der Waals surface area contributed by atoms with Gasteiger partial charge < -0.3 is 9.64 Å². The van der Waals surface area contributed by atoms with Crippen LogP contribution in [0.3, 0.4) is 0 Å². The molecular weight excluding hydrogens is 190 g/mol. The molecule has 2 unspecified atom stereocenters. The standard InChI is InChI=1S/C12H23NO2/c1-6-15-11-7-10(11)12(14)13(8(2)3)9(4)5/h8-11H,6-7H2,1-5H3. The number of carbonyl (C=O) groups excluding carboxylic acids is 1. The Bertz CT molecular complexity index is 218. The minimum absolute atomic E-state index is 0.120. The summed E-state index contributed by atoms with van der Waals surface area (Å²) in [4.78, 5) is 14.1. The summed E-state index contributed by atoms with van der Waals surface area (Å²) in [6.45, 7) is 10.9. The molecule has 3 heteroatoms. The van der Waals surface area contributed by atoms with E-state index in [0.29, 0.717) is 6.61 Å². The fourth-order valence-corrected chi connectivity index (χ4v) is 2.13. The van der Waals surface area contributed by atoms with E-state index >= 15 is 0 Å². The lowest BCUT2D eigenvalue weighted by Gasteiger charge is -2.31. The third-order valence-corrected chi connectivity index (χ3v) is 2.80. The fraction of sp³-hybridized carbons (Fsp3) is 0.917. The van der Waals surface area contributed by atoms with Crippen molar-refractivity contribution in [1.82, 2.24) is 4.90 Å². The first-order valence-corrected chi connectivity index (χ1v) is 5.92. The Morgan fingerprint density at radius 3 is 2.27 bits per heavy atom. The third kappa shape index (κ3) is 2.94. The van der Waals surface area contributed by atoms with Gasteiger partial charge in [-0.2, -0.15) is 0 Å². The molecule has 15 heavy (non-hydrogen) atoms. The molecule has 0 saturated heterocycles. The van der Waals surface area contributed by atoms with Gasteiger partial charge in [-0.05, 0) is 41.0 Å². The van der Waals surface area contributed by atoms with Gasteiger partial charge in [0.2, 0.25) is 5.91 Å². The Kier molecular flexibility index (Phi) is 4.14. The predicted octanol–water partition coefficient (Wildman–Crippen LogP) is 2.06. The van der Waals surface area contributed by atoms with Crippen LogP contribution in [0.5, 0.6) is 0 Å². The molecule has 1 rings (SSSR count). The average Bonchev–Trinajstić information content (AvgIpc) is 2.82. The lowest BCUT2D eigenvalue weighted by molar-refractivity contribution is -0.137. The van der Waals surface area contributed by atoms with Crippen molar-refractivity contribution in [3.8, 4) is 0 Å². The molecule has 0 N–H and O–H groups in total. The molecule has 88 valence electrons. The topological polar surface area (TPSA) is 29.5 Å². The smallest absolute Gasteiger partial charge is 0.228 e. The average molecular weight is 213 g/mol. The van der Waals surface area contributed by atoms with Crippen LogP contribution in [0.2, 0.25) is 0 Å². The van der Waals surface area contributed by atoms with Crippen LogP contribution < -0.4 is 0 Å². The largest absolute Gasteiger partial charge is 0.378 e. The van der Waals surface area contributed by atoms with Crippen molar-refractivity contribution in [2.24, 2.45) is 5.92 Å². The van der Waals surface area contributed by atoms with Gasteiger partial charge in [0.25, 0.3) is 0 Å². The van der Waals surface area contributed by atoms with E-state index in [1.54, 1.807) is 0 Å². The van der Waals surface area contributed by atoms with Crippen LogP contribution in [0.15, 0.2) is 0 Å². The quantitative estimate of drug-likeness (QED) is 0.699. The summed E-state index contributed by atoms with van der Waals surface area (Å²) in [6, 6.07) is 0.556. The van der Waals surface area contributed by atoms with E-state index < -0.39 is 0 Å². The molecule has 0 radical (unpaired) electrons. The molecule has 0 spiro atoms. The predicted molar refractivity (Wildman–Crippen MR) is 60.6 cm³/mol. The molecule has 0 aromatic carbocycles. The zero-order valence-electron chi connectivity index (χ0n) is 10.5. The normalized spacial score (nSPS) is 24.7. The molecule has 1 saturated carbocycles. The summed E-state index contributed by atoms with van der Waals surface area (Å²) < 4.78 is 5.45. The minimum atomic E-state index is 0.120. The second-order valence-electron chi connectivity index (χ2n) is 4.77. The number of rotatable bonds is 5. The molecule has 1 aliphatic carbocycles.